The normalized spacial score (nSPS) is 32.9. The van der Waals surface area contributed by atoms with E-state index < -0.39 is 0 Å². The maximum atomic E-state index is 11.4. The average molecular weight is 211 g/mol. The van der Waals surface area contributed by atoms with Gasteiger partial charge in [0.25, 0.3) is 0 Å². The van der Waals surface area contributed by atoms with Crippen LogP contribution in [-0.2, 0) is 9.53 Å². The zero-order valence-electron chi connectivity index (χ0n) is 9.58. The molecule has 2 rings (SSSR count). The Morgan fingerprint density at radius 3 is 2.27 bits per heavy atom. The van der Waals surface area contributed by atoms with Gasteiger partial charge in [-0.05, 0) is 51.6 Å². The summed E-state index contributed by atoms with van der Waals surface area (Å²) >= 11 is 0. The highest BCUT2D eigenvalue weighted by atomic mass is 16.5. The van der Waals surface area contributed by atoms with Gasteiger partial charge in [-0.2, -0.15) is 0 Å². The molecule has 0 bridgehead atoms. The maximum absolute atomic E-state index is 11.4. The Bertz CT molecular complexity index is 216. The van der Waals surface area contributed by atoms with Gasteiger partial charge in [-0.15, -0.1) is 0 Å². The lowest BCUT2D eigenvalue weighted by Crippen LogP contribution is -2.37. The fraction of sp³-hybridized carbons (Fsp3) is 0.917. The van der Waals surface area contributed by atoms with E-state index in [1.54, 1.807) is 0 Å². The van der Waals surface area contributed by atoms with E-state index >= 15 is 0 Å². The summed E-state index contributed by atoms with van der Waals surface area (Å²) in [5, 5.41) is 0. The first-order valence-corrected chi connectivity index (χ1v) is 6.13. The molecule has 0 radical (unpaired) electrons. The molecule has 0 aromatic rings. The van der Waals surface area contributed by atoms with Crippen molar-refractivity contribution in [2.75, 3.05) is 20.2 Å². The molecule has 86 valence electrons. The van der Waals surface area contributed by atoms with Crippen molar-refractivity contribution in [1.29, 1.82) is 0 Å². The standard InChI is InChI=1S/C12H21NO2/c1-15-12(14)10-4-6-11(7-5-10)13-8-2-3-9-13/h10-11H,2-9H2,1H3/t10-,11+. The second-order valence-corrected chi connectivity index (χ2v) is 4.77. The van der Waals surface area contributed by atoms with Crippen molar-refractivity contribution in [3.05, 3.63) is 0 Å². The summed E-state index contributed by atoms with van der Waals surface area (Å²) in [6, 6.07) is 0.744. The molecule has 0 atom stereocenters. The molecule has 3 nitrogen and oxygen atoms in total. The van der Waals surface area contributed by atoms with E-state index in [2.05, 4.69) is 4.90 Å². The molecule has 2 fully saturated rings. The Morgan fingerprint density at radius 2 is 1.73 bits per heavy atom. The molecule has 1 saturated heterocycles. The third kappa shape index (κ3) is 2.51. The Hall–Kier alpha value is -0.570. The molecule has 1 heterocycles. The van der Waals surface area contributed by atoms with Crippen LogP contribution >= 0.6 is 0 Å². The number of hydrogen-bond acceptors (Lipinski definition) is 3. The molecule has 3 heteroatoms. The SMILES string of the molecule is COC(=O)[C@H]1CC[C@@H](N2CCCC2)CC1. The van der Waals surface area contributed by atoms with Crippen LogP contribution in [0.5, 0.6) is 0 Å². The summed E-state index contributed by atoms with van der Waals surface area (Å²) in [6.45, 7) is 2.54. The van der Waals surface area contributed by atoms with E-state index in [4.69, 9.17) is 4.74 Å². The third-order valence-electron chi connectivity index (χ3n) is 3.89. The van der Waals surface area contributed by atoms with Gasteiger partial charge >= 0.3 is 5.97 Å². The second-order valence-electron chi connectivity index (χ2n) is 4.77. The first-order chi connectivity index (χ1) is 7.31. The second kappa shape index (κ2) is 4.97. The largest absolute Gasteiger partial charge is 0.469 e. The molecule has 0 unspecified atom stereocenters. The monoisotopic (exact) mass is 211 g/mol. The number of carbonyl (C=O) groups is 1. The third-order valence-corrected chi connectivity index (χ3v) is 3.89. The predicted octanol–water partition coefficient (Wildman–Crippen LogP) is 1.81. The molecule has 2 aliphatic rings. The van der Waals surface area contributed by atoms with E-state index in [0.717, 1.165) is 18.9 Å². The first kappa shape index (κ1) is 10.9. The maximum Gasteiger partial charge on any atom is 0.308 e. The van der Waals surface area contributed by atoms with Crippen molar-refractivity contribution in [1.82, 2.24) is 4.90 Å². The van der Waals surface area contributed by atoms with Crippen LogP contribution in [0, 0.1) is 5.92 Å². The average Bonchev–Trinajstić information content (AvgIpc) is 2.82. The molecule has 1 aliphatic heterocycles. The van der Waals surface area contributed by atoms with Gasteiger partial charge in [0.1, 0.15) is 0 Å². The van der Waals surface area contributed by atoms with Crippen molar-refractivity contribution in [2.45, 2.75) is 44.6 Å². The molecule has 15 heavy (non-hydrogen) atoms. The van der Waals surface area contributed by atoms with Crippen molar-refractivity contribution in [2.24, 2.45) is 5.92 Å². The van der Waals surface area contributed by atoms with Crippen LogP contribution in [0.25, 0.3) is 0 Å². The molecule has 0 amide bonds. The lowest BCUT2D eigenvalue weighted by molar-refractivity contribution is -0.146. The van der Waals surface area contributed by atoms with Gasteiger partial charge in [0.15, 0.2) is 0 Å². The molecule has 0 aromatic heterocycles. The Morgan fingerprint density at radius 1 is 1.13 bits per heavy atom. The van der Waals surface area contributed by atoms with Gasteiger partial charge in [0.2, 0.25) is 0 Å². The van der Waals surface area contributed by atoms with Crippen molar-refractivity contribution in [3.63, 3.8) is 0 Å². The zero-order valence-corrected chi connectivity index (χ0v) is 9.58. The summed E-state index contributed by atoms with van der Waals surface area (Å²) < 4.78 is 4.80. The number of esters is 1. The zero-order chi connectivity index (χ0) is 10.7. The van der Waals surface area contributed by atoms with Crippen molar-refractivity contribution in [3.8, 4) is 0 Å². The summed E-state index contributed by atoms with van der Waals surface area (Å²) in [4.78, 5) is 14.0. The number of ether oxygens (including phenoxy) is 1. The minimum Gasteiger partial charge on any atom is -0.469 e. The summed E-state index contributed by atoms with van der Waals surface area (Å²) in [5.41, 5.74) is 0. The Balaban J connectivity index is 1.78. The van der Waals surface area contributed by atoms with Gasteiger partial charge in [-0.25, -0.2) is 0 Å². The molecule has 1 aliphatic carbocycles. The van der Waals surface area contributed by atoms with Gasteiger partial charge in [-0.1, -0.05) is 0 Å². The summed E-state index contributed by atoms with van der Waals surface area (Å²) in [6.07, 6.45) is 7.12. The lowest BCUT2D eigenvalue weighted by atomic mass is 9.85. The number of carbonyl (C=O) groups excluding carboxylic acids is 1. The van der Waals surface area contributed by atoms with Gasteiger partial charge in [-0.3, -0.25) is 4.79 Å². The van der Waals surface area contributed by atoms with Crippen LogP contribution in [0.2, 0.25) is 0 Å². The topological polar surface area (TPSA) is 29.5 Å². The van der Waals surface area contributed by atoms with Crippen molar-refractivity contribution >= 4 is 5.97 Å². The van der Waals surface area contributed by atoms with Crippen LogP contribution in [0.3, 0.4) is 0 Å². The van der Waals surface area contributed by atoms with E-state index in [-0.39, 0.29) is 11.9 Å². The molecule has 0 aromatic carbocycles. The van der Waals surface area contributed by atoms with E-state index in [1.165, 1.54) is 45.9 Å². The highest BCUT2D eigenvalue weighted by Crippen LogP contribution is 2.29. The fourth-order valence-corrected chi connectivity index (χ4v) is 2.95. The van der Waals surface area contributed by atoms with Crippen LogP contribution in [0.1, 0.15) is 38.5 Å². The minimum absolute atomic E-state index is 0.00475. The van der Waals surface area contributed by atoms with Crippen molar-refractivity contribution < 1.29 is 9.53 Å². The fourth-order valence-electron chi connectivity index (χ4n) is 2.95. The Kier molecular flexibility index (Phi) is 3.62. The molecule has 1 saturated carbocycles. The summed E-state index contributed by atoms with van der Waals surface area (Å²) in [5.74, 6) is 0.170. The van der Waals surface area contributed by atoms with E-state index in [1.807, 2.05) is 0 Å². The number of hydrogen-bond donors (Lipinski definition) is 0. The highest BCUT2D eigenvalue weighted by Gasteiger charge is 2.30. The van der Waals surface area contributed by atoms with Gasteiger partial charge in [0.05, 0.1) is 13.0 Å². The van der Waals surface area contributed by atoms with Crippen LogP contribution in [0.4, 0.5) is 0 Å². The van der Waals surface area contributed by atoms with Gasteiger partial charge in [0, 0.05) is 6.04 Å². The molecule has 0 N–H and O–H groups in total. The molecule has 0 spiro atoms. The highest BCUT2D eigenvalue weighted by molar-refractivity contribution is 5.72. The first-order valence-electron chi connectivity index (χ1n) is 6.13. The van der Waals surface area contributed by atoms with E-state index in [9.17, 15) is 4.79 Å². The number of likely N-dealkylation sites (tertiary alicyclic amines) is 1. The number of methoxy groups -OCH3 is 1. The molecular weight excluding hydrogens is 190 g/mol. The van der Waals surface area contributed by atoms with Crippen LogP contribution < -0.4 is 0 Å². The van der Waals surface area contributed by atoms with E-state index in [0.29, 0.717) is 0 Å². The smallest absolute Gasteiger partial charge is 0.308 e. The van der Waals surface area contributed by atoms with Crippen LogP contribution in [-0.4, -0.2) is 37.1 Å². The molecular formula is C12H21NO2. The quantitative estimate of drug-likeness (QED) is 0.652. The lowest BCUT2D eigenvalue weighted by Gasteiger charge is -2.33. The Labute approximate surface area is 91.8 Å². The van der Waals surface area contributed by atoms with Crippen LogP contribution in [0.15, 0.2) is 0 Å². The minimum atomic E-state index is -0.00475. The summed E-state index contributed by atoms with van der Waals surface area (Å²) in [7, 11) is 1.49. The number of rotatable bonds is 2. The number of nitrogens with zero attached hydrogens (tertiary/aromatic N) is 1. The predicted molar refractivity (Wildman–Crippen MR) is 58.6 cm³/mol. The van der Waals surface area contributed by atoms with Gasteiger partial charge < -0.3 is 9.64 Å².